The van der Waals surface area contributed by atoms with Gasteiger partial charge < -0.3 is 10.9 Å². The topological polar surface area (TPSA) is 87.8 Å². The first-order valence-electron chi connectivity index (χ1n) is 6.71. The summed E-state index contributed by atoms with van der Waals surface area (Å²) in [5.41, 5.74) is 8.71. The molecule has 3 rings (SSSR count). The summed E-state index contributed by atoms with van der Waals surface area (Å²) in [6.45, 7) is 1.95. The Morgan fingerprint density at radius 1 is 1.23 bits per heavy atom. The molecule has 2 N–H and O–H groups in total. The van der Waals surface area contributed by atoms with Gasteiger partial charge in [-0.3, -0.25) is 4.79 Å². The SMILES string of the molecule is Cc1ccccc1-c1cn(-c2ccc[n+]([O-])c2)nc1C(N)=O. The van der Waals surface area contributed by atoms with Crippen LogP contribution in [-0.4, -0.2) is 15.7 Å². The number of hydrogen-bond donors (Lipinski definition) is 1. The van der Waals surface area contributed by atoms with Crippen LogP contribution in [0.1, 0.15) is 16.1 Å². The number of benzene rings is 1. The molecule has 0 saturated heterocycles. The van der Waals surface area contributed by atoms with Gasteiger partial charge in [0, 0.05) is 17.8 Å². The number of aryl methyl sites for hydroxylation is 1. The number of nitrogens with zero attached hydrogens (tertiary/aromatic N) is 3. The molecule has 0 aliphatic heterocycles. The van der Waals surface area contributed by atoms with Gasteiger partial charge in [0.15, 0.2) is 11.9 Å². The van der Waals surface area contributed by atoms with Crippen LogP contribution in [0.5, 0.6) is 0 Å². The first kappa shape index (κ1) is 13.8. The first-order valence-corrected chi connectivity index (χ1v) is 6.71. The maximum atomic E-state index is 11.7. The van der Waals surface area contributed by atoms with Crippen molar-refractivity contribution in [3.05, 3.63) is 71.5 Å². The average molecular weight is 294 g/mol. The summed E-state index contributed by atoms with van der Waals surface area (Å²) in [5.74, 6) is -0.608. The molecule has 0 aliphatic rings. The van der Waals surface area contributed by atoms with Gasteiger partial charge in [-0.1, -0.05) is 24.3 Å². The molecule has 0 atom stereocenters. The lowest BCUT2D eigenvalue weighted by atomic mass is 10.0. The van der Waals surface area contributed by atoms with Crippen molar-refractivity contribution in [2.24, 2.45) is 5.73 Å². The minimum Gasteiger partial charge on any atom is -0.619 e. The maximum absolute atomic E-state index is 11.7. The summed E-state index contributed by atoms with van der Waals surface area (Å²) < 4.78 is 2.16. The van der Waals surface area contributed by atoms with Crippen LogP contribution in [0.3, 0.4) is 0 Å². The van der Waals surface area contributed by atoms with Crippen LogP contribution >= 0.6 is 0 Å². The first-order chi connectivity index (χ1) is 10.6. The monoisotopic (exact) mass is 294 g/mol. The van der Waals surface area contributed by atoms with Crippen LogP contribution in [0.15, 0.2) is 55.0 Å². The number of aromatic nitrogens is 3. The molecule has 3 aromatic rings. The molecular formula is C16H14N4O2. The van der Waals surface area contributed by atoms with E-state index in [9.17, 15) is 10.0 Å². The lowest BCUT2D eigenvalue weighted by molar-refractivity contribution is -0.605. The van der Waals surface area contributed by atoms with Gasteiger partial charge in [-0.2, -0.15) is 9.83 Å². The van der Waals surface area contributed by atoms with E-state index < -0.39 is 5.91 Å². The molecule has 0 radical (unpaired) electrons. The summed E-state index contributed by atoms with van der Waals surface area (Å²) >= 11 is 0. The number of hydrogen-bond acceptors (Lipinski definition) is 3. The van der Waals surface area contributed by atoms with Gasteiger partial charge in [0.05, 0.1) is 0 Å². The Bertz CT molecular complexity index is 855. The van der Waals surface area contributed by atoms with Crippen molar-refractivity contribution in [2.45, 2.75) is 6.92 Å². The second-order valence-electron chi connectivity index (χ2n) is 4.94. The highest BCUT2D eigenvalue weighted by Gasteiger charge is 2.18. The van der Waals surface area contributed by atoms with Crippen LogP contribution < -0.4 is 10.5 Å². The molecule has 0 bridgehead atoms. The van der Waals surface area contributed by atoms with E-state index in [1.807, 2.05) is 31.2 Å². The summed E-state index contributed by atoms with van der Waals surface area (Å²) in [6, 6.07) is 11.0. The van der Waals surface area contributed by atoms with Crippen LogP contribution in [0.25, 0.3) is 16.8 Å². The van der Waals surface area contributed by atoms with Crippen molar-refractivity contribution in [1.29, 1.82) is 0 Å². The van der Waals surface area contributed by atoms with Gasteiger partial charge in [-0.05, 0) is 24.1 Å². The van der Waals surface area contributed by atoms with E-state index in [2.05, 4.69) is 5.10 Å². The smallest absolute Gasteiger partial charge is 0.269 e. The molecule has 0 aliphatic carbocycles. The van der Waals surface area contributed by atoms with Crippen molar-refractivity contribution in [3.8, 4) is 16.8 Å². The van der Waals surface area contributed by atoms with Crippen LogP contribution in [0, 0.1) is 12.1 Å². The van der Waals surface area contributed by atoms with Crippen molar-refractivity contribution in [1.82, 2.24) is 9.78 Å². The molecule has 6 heteroatoms. The highest BCUT2D eigenvalue weighted by molar-refractivity contribution is 5.98. The number of carbonyl (C=O) groups is 1. The molecule has 1 aromatic carbocycles. The number of carbonyl (C=O) groups excluding carboxylic acids is 1. The van der Waals surface area contributed by atoms with E-state index >= 15 is 0 Å². The van der Waals surface area contributed by atoms with Gasteiger partial charge in [0.1, 0.15) is 5.69 Å². The zero-order chi connectivity index (χ0) is 15.7. The Morgan fingerprint density at radius 2 is 2.00 bits per heavy atom. The third-order valence-electron chi connectivity index (χ3n) is 3.41. The van der Waals surface area contributed by atoms with Crippen molar-refractivity contribution in [2.75, 3.05) is 0 Å². The fourth-order valence-corrected chi connectivity index (χ4v) is 2.34. The van der Waals surface area contributed by atoms with Crippen molar-refractivity contribution >= 4 is 5.91 Å². The number of amides is 1. The number of nitrogens with two attached hydrogens (primary N) is 1. The summed E-state index contributed by atoms with van der Waals surface area (Å²) in [6.07, 6.45) is 4.46. The zero-order valence-corrected chi connectivity index (χ0v) is 11.9. The maximum Gasteiger partial charge on any atom is 0.269 e. The van der Waals surface area contributed by atoms with E-state index in [1.54, 1.807) is 18.3 Å². The van der Waals surface area contributed by atoms with E-state index in [4.69, 9.17) is 5.73 Å². The second kappa shape index (κ2) is 5.33. The molecule has 2 heterocycles. The van der Waals surface area contributed by atoms with Gasteiger partial charge in [0.2, 0.25) is 6.20 Å². The van der Waals surface area contributed by atoms with Gasteiger partial charge >= 0.3 is 0 Å². The summed E-state index contributed by atoms with van der Waals surface area (Å²) in [4.78, 5) is 11.7. The van der Waals surface area contributed by atoms with Crippen LogP contribution in [-0.2, 0) is 0 Å². The minimum absolute atomic E-state index is 0.176. The molecule has 2 aromatic heterocycles. The molecule has 110 valence electrons. The quantitative estimate of drug-likeness (QED) is 0.587. The Balaban J connectivity index is 2.19. The largest absolute Gasteiger partial charge is 0.619 e. The van der Waals surface area contributed by atoms with Crippen LogP contribution in [0.4, 0.5) is 0 Å². The minimum atomic E-state index is -0.608. The normalized spacial score (nSPS) is 10.6. The molecule has 6 nitrogen and oxygen atoms in total. The zero-order valence-electron chi connectivity index (χ0n) is 11.9. The third-order valence-corrected chi connectivity index (χ3v) is 3.41. The molecule has 0 fully saturated rings. The highest BCUT2D eigenvalue weighted by atomic mass is 16.5. The van der Waals surface area contributed by atoms with E-state index in [1.165, 1.54) is 17.1 Å². The van der Waals surface area contributed by atoms with Crippen molar-refractivity contribution < 1.29 is 9.52 Å². The Kier molecular flexibility index (Phi) is 3.34. The van der Waals surface area contributed by atoms with E-state index in [-0.39, 0.29) is 5.69 Å². The summed E-state index contributed by atoms with van der Waals surface area (Å²) in [7, 11) is 0. The van der Waals surface area contributed by atoms with Crippen molar-refractivity contribution in [3.63, 3.8) is 0 Å². The molecule has 0 saturated carbocycles. The molecule has 0 unspecified atom stereocenters. The molecule has 22 heavy (non-hydrogen) atoms. The predicted octanol–water partition coefficient (Wildman–Crippen LogP) is 1.58. The third kappa shape index (κ3) is 2.42. The lowest BCUT2D eigenvalue weighted by Crippen LogP contribution is -2.25. The second-order valence-corrected chi connectivity index (χ2v) is 4.94. The lowest BCUT2D eigenvalue weighted by Gasteiger charge is -2.03. The number of pyridine rings is 1. The molecule has 0 spiro atoms. The van der Waals surface area contributed by atoms with E-state index in [0.717, 1.165) is 11.1 Å². The standard InChI is InChI=1S/C16H14N4O2/c1-11-5-2-3-7-13(11)14-10-20(18-15(14)16(17)21)12-6-4-8-19(22)9-12/h2-10H,1H3,(H2,17,21). The van der Waals surface area contributed by atoms with Gasteiger partial charge in [-0.25, -0.2) is 4.68 Å². The fraction of sp³-hybridized carbons (Fsp3) is 0.0625. The summed E-state index contributed by atoms with van der Waals surface area (Å²) in [5, 5.41) is 15.6. The molecule has 1 amide bonds. The highest BCUT2D eigenvalue weighted by Crippen LogP contribution is 2.27. The number of rotatable bonds is 3. The van der Waals surface area contributed by atoms with Gasteiger partial charge in [-0.15, -0.1) is 0 Å². The van der Waals surface area contributed by atoms with Crippen LogP contribution in [0.2, 0.25) is 0 Å². The Hall–Kier alpha value is -3.15. The molecular weight excluding hydrogens is 280 g/mol. The van der Waals surface area contributed by atoms with E-state index in [0.29, 0.717) is 16.0 Å². The Labute approximate surface area is 127 Å². The fourth-order valence-electron chi connectivity index (χ4n) is 2.34. The predicted molar refractivity (Wildman–Crippen MR) is 81.2 cm³/mol. The Morgan fingerprint density at radius 3 is 2.68 bits per heavy atom. The average Bonchev–Trinajstić information content (AvgIpc) is 2.93. The van der Waals surface area contributed by atoms with Gasteiger partial charge in [0.25, 0.3) is 5.91 Å². The number of primary amides is 1.